The molecular formula is C9H18Cl2Si. The zero-order valence-electron chi connectivity index (χ0n) is 7.78. The molecule has 0 aromatic heterocycles. The number of alkyl halides is 2. The highest BCUT2D eigenvalue weighted by molar-refractivity contribution is 6.53. The van der Waals surface area contributed by atoms with Crippen molar-refractivity contribution < 1.29 is 0 Å². The standard InChI is InChI=1S/C9H18Cl2Si/c1-2-3-4-5-8-12-9(11)6-7-10/h9H,2-8H2,1H3. The van der Waals surface area contributed by atoms with Gasteiger partial charge in [0.25, 0.3) is 0 Å². The van der Waals surface area contributed by atoms with Crippen LogP contribution in [0.5, 0.6) is 0 Å². The van der Waals surface area contributed by atoms with E-state index in [-0.39, 0.29) is 0 Å². The fraction of sp³-hybridized carbons (Fsp3) is 1.00. The Morgan fingerprint density at radius 1 is 1.25 bits per heavy atom. The van der Waals surface area contributed by atoms with Gasteiger partial charge in [0.15, 0.2) is 0 Å². The van der Waals surface area contributed by atoms with Crippen molar-refractivity contribution in [2.45, 2.75) is 50.1 Å². The molecule has 0 aliphatic heterocycles. The van der Waals surface area contributed by atoms with Crippen LogP contribution in [-0.2, 0) is 0 Å². The molecular weight excluding hydrogens is 207 g/mol. The van der Waals surface area contributed by atoms with Crippen LogP contribution in [-0.4, -0.2) is 20.4 Å². The van der Waals surface area contributed by atoms with E-state index in [1.165, 1.54) is 31.7 Å². The van der Waals surface area contributed by atoms with Gasteiger partial charge < -0.3 is 0 Å². The molecule has 0 fully saturated rings. The van der Waals surface area contributed by atoms with Gasteiger partial charge in [-0.15, -0.1) is 23.2 Å². The summed E-state index contributed by atoms with van der Waals surface area (Å²) in [6.45, 7) is 2.24. The molecule has 0 saturated carbocycles. The van der Waals surface area contributed by atoms with Crippen LogP contribution in [0.3, 0.4) is 0 Å². The molecule has 1 atom stereocenters. The van der Waals surface area contributed by atoms with Crippen molar-refractivity contribution in [1.29, 1.82) is 0 Å². The van der Waals surface area contributed by atoms with E-state index in [0.29, 0.717) is 10.9 Å². The van der Waals surface area contributed by atoms with Crippen LogP contribution in [0.25, 0.3) is 0 Å². The van der Waals surface area contributed by atoms with E-state index < -0.39 is 0 Å². The SMILES string of the molecule is CCCCCC[Si]C(Cl)CCCl. The highest BCUT2D eigenvalue weighted by atomic mass is 35.5. The monoisotopic (exact) mass is 224 g/mol. The molecule has 0 bridgehead atoms. The Morgan fingerprint density at radius 3 is 2.58 bits per heavy atom. The van der Waals surface area contributed by atoms with Crippen molar-refractivity contribution in [3.63, 3.8) is 0 Å². The maximum Gasteiger partial charge on any atom is 0.0620 e. The molecule has 0 aromatic rings. The first-order chi connectivity index (χ1) is 5.81. The van der Waals surface area contributed by atoms with Crippen LogP contribution in [0.4, 0.5) is 0 Å². The third-order valence-electron chi connectivity index (χ3n) is 1.76. The van der Waals surface area contributed by atoms with Gasteiger partial charge in [-0.3, -0.25) is 0 Å². The Kier molecular flexibility index (Phi) is 10.5. The summed E-state index contributed by atoms with van der Waals surface area (Å²) in [4.78, 5) is 0. The Hall–Kier alpha value is 0.797. The third kappa shape index (κ3) is 8.89. The molecule has 72 valence electrons. The van der Waals surface area contributed by atoms with Gasteiger partial charge in [0.1, 0.15) is 0 Å². The van der Waals surface area contributed by atoms with Crippen molar-refractivity contribution >= 4 is 32.7 Å². The summed E-state index contributed by atoms with van der Waals surface area (Å²) in [6.07, 6.45) is 6.36. The van der Waals surface area contributed by atoms with Crippen molar-refractivity contribution in [3.8, 4) is 0 Å². The lowest BCUT2D eigenvalue weighted by molar-refractivity contribution is 0.699. The summed E-state index contributed by atoms with van der Waals surface area (Å²) in [5, 5.41) is 0.337. The third-order valence-corrected chi connectivity index (χ3v) is 4.03. The lowest BCUT2D eigenvalue weighted by atomic mass is 10.2. The van der Waals surface area contributed by atoms with Crippen LogP contribution in [0.15, 0.2) is 0 Å². The molecule has 3 heteroatoms. The number of hydrogen-bond acceptors (Lipinski definition) is 0. The predicted molar refractivity (Wildman–Crippen MR) is 59.7 cm³/mol. The molecule has 2 radical (unpaired) electrons. The molecule has 12 heavy (non-hydrogen) atoms. The summed E-state index contributed by atoms with van der Waals surface area (Å²) in [7, 11) is 0.905. The zero-order chi connectivity index (χ0) is 9.23. The molecule has 0 aliphatic carbocycles. The largest absolute Gasteiger partial charge is 0.127 e. The van der Waals surface area contributed by atoms with E-state index in [4.69, 9.17) is 23.2 Å². The van der Waals surface area contributed by atoms with E-state index in [1.54, 1.807) is 0 Å². The lowest BCUT2D eigenvalue weighted by Gasteiger charge is -2.04. The van der Waals surface area contributed by atoms with Gasteiger partial charge in [-0.05, 0) is 6.42 Å². The molecule has 0 N–H and O–H groups in total. The quantitative estimate of drug-likeness (QED) is 0.334. The van der Waals surface area contributed by atoms with Crippen LogP contribution < -0.4 is 0 Å². The summed E-state index contributed by atoms with van der Waals surface area (Å²) in [5.41, 5.74) is 0. The lowest BCUT2D eigenvalue weighted by Crippen LogP contribution is -2.09. The highest BCUT2D eigenvalue weighted by Crippen LogP contribution is 2.08. The first-order valence-corrected chi connectivity index (χ1v) is 7.00. The van der Waals surface area contributed by atoms with Crippen LogP contribution >= 0.6 is 23.2 Å². The highest BCUT2D eigenvalue weighted by Gasteiger charge is 2.03. The molecule has 0 aromatic carbocycles. The van der Waals surface area contributed by atoms with Crippen molar-refractivity contribution in [1.82, 2.24) is 0 Å². The molecule has 0 aliphatic rings. The molecule has 0 nitrogen and oxygen atoms in total. The Morgan fingerprint density at radius 2 is 2.00 bits per heavy atom. The van der Waals surface area contributed by atoms with Crippen LogP contribution in [0.1, 0.15) is 39.0 Å². The molecule has 1 unspecified atom stereocenters. The van der Waals surface area contributed by atoms with Gasteiger partial charge in [-0.2, -0.15) is 0 Å². The van der Waals surface area contributed by atoms with Crippen molar-refractivity contribution in [2.24, 2.45) is 0 Å². The fourth-order valence-electron chi connectivity index (χ4n) is 1.01. The topological polar surface area (TPSA) is 0 Å². The first kappa shape index (κ1) is 12.8. The second-order valence-electron chi connectivity index (χ2n) is 2.96. The van der Waals surface area contributed by atoms with Gasteiger partial charge in [0.2, 0.25) is 0 Å². The molecule has 0 rings (SSSR count). The minimum atomic E-state index is 0.337. The van der Waals surface area contributed by atoms with Gasteiger partial charge >= 0.3 is 0 Å². The van der Waals surface area contributed by atoms with Crippen molar-refractivity contribution in [2.75, 3.05) is 5.88 Å². The van der Waals surface area contributed by atoms with E-state index in [1.807, 2.05) is 0 Å². The summed E-state index contributed by atoms with van der Waals surface area (Å²) in [5.74, 6) is 0.704. The average molecular weight is 225 g/mol. The fourth-order valence-corrected chi connectivity index (χ4v) is 3.07. The normalized spacial score (nSPS) is 13.2. The summed E-state index contributed by atoms with van der Waals surface area (Å²) in [6, 6.07) is 1.30. The van der Waals surface area contributed by atoms with Crippen LogP contribution in [0.2, 0.25) is 6.04 Å². The number of rotatable bonds is 8. The maximum atomic E-state index is 6.02. The first-order valence-electron chi connectivity index (χ1n) is 4.74. The maximum absolute atomic E-state index is 6.02. The molecule has 0 amide bonds. The van der Waals surface area contributed by atoms with Gasteiger partial charge in [-0.25, -0.2) is 0 Å². The Bertz CT molecular complexity index is 88.6. The van der Waals surface area contributed by atoms with Crippen molar-refractivity contribution in [3.05, 3.63) is 0 Å². The van der Waals surface area contributed by atoms with Gasteiger partial charge in [0, 0.05) is 10.9 Å². The van der Waals surface area contributed by atoms with E-state index >= 15 is 0 Å². The average Bonchev–Trinajstić information content (AvgIpc) is 2.05. The van der Waals surface area contributed by atoms with Crippen LogP contribution in [0, 0.1) is 0 Å². The van der Waals surface area contributed by atoms with E-state index in [9.17, 15) is 0 Å². The number of hydrogen-bond donors (Lipinski definition) is 0. The smallest absolute Gasteiger partial charge is 0.0620 e. The number of unbranched alkanes of at least 4 members (excludes halogenated alkanes) is 3. The minimum absolute atomic E-state index is 0.337. The molecule has 0 heterocycles. The predicted octanol–water partition coefficient (Wildman–Crippen LogP) is 3.88. The Balaban J connectivity index is 2.97. The van der Waals surface area contributed by atoms with E-state index in [2.05, 4.69) is 6.92 Å². The minimum Gasteiger partial charge on any atom is -0.127 e. The second-order valence-corrected chi connectivity index (χ2v) is 5.84. The Labute approximate surface area is 88.8 Å². The summed E-state index contributed by atoms with van der Waals surface area (Å²) >= 11 is 11.6. The zero-order valence-corrected chi connectivity index (χ0v) is 10.3. The number of halogens is 2. The van der Waals surface area contributed by atoms with E-state index in [0.717, 1.165) is 15.9 Å². The second kappa shape index (κ2) is 9.88. The molecule has 0 saturated heterocycles. The van der Waals surface area contributed by atoms with Gasteiger partial charge in [-0.1, -0.05) is 38.7 Å². The van der Waals surface area contributed by atoms with Gasteiger partial charge in [0.05, 0.1) is 9.52 Å². The summed E-state index contributed by atoms with van der Waals surface area (Å²) < 4.78 is 0. The molecule has 0 spiro atoms.